The Morgan fingerprint density at radius 2 is 2.00 bits per heavy atom. The number of benzene rings is 2. The van der Waals surface area contributed by atoms with E-state index in [4.69, 9.17) is 4.74 Å². The molecule has 0 atom stereocenters. The average molecular weight is 336 g/mol. The van der Waals surface area contributed by atoms with E-state index in [0.29, 0.717) is 15.8 Å². The van der Waals surface area contributed by atoms with Crippen LogP contribution in [0.5, 0.6) is 11.5 Å². The first-order valence-corrected chi connectivity index (χ1v) is 6.73. The number of carbonyl (C=O) groups excluding carboxylic acids is 1. The number of carbonyl (C=O) groups is 1. The lowest BCUT2D eigenvalue weighted by Crippen LogP contribution is -2.26. The number of hydrogen-bond acceptors (Lipinski definition) is 3. The first-order chi connectivity index (χ1) is 9.52. The number of halogens is 1. The van der Waals surface area contributed by atoms with Crippen LogP contribution < -0.4 is 9.64 Å². The summed E-state index contributed by atoms with van der Waals surface area (Å²) in [7, 11) is 3.25. The molecule has 2 rings (SSSR count). The van der Waals surface area contributed by atoms with E-state index in [1.165, 1.54) is 11.0 Å². The smallest absolute Gasteiger partial charge is 0.258 e. The molecule has 104 valence electrons. The van der Waals surface area contributed by atoms with Crippen LogP contribution in [0.1, 0.15) is 10.4 Å². The van der Waals surface area contributed by atoms with Crippen LogP contribution in [0.4, 0.5) is 5.69 Å². The number of aromatic hydroxyl groups is 1. The lowest BCUT2D eigenvalue weighted by atomic mass is 10.1. The molecule has 0 fully saturated rings. The summed E-state index contributed by atoms with van der Waals surface area (Å²) < 4.78 is 5.69. The third-order valence-electron chi connectivity index (χ3n) is 2.94. The van der Waals surface area contributed by atoms with E-state index in [-0.39, 0.29) is 11.7 Å². The molecule has 0 saturated heterocycles. The predicted molar refractivity (Wildman–Crippen MR) is 81.5 cm³/mol. The van der Waals surface area contributed by atoms with Gasteiger partial charge in [0.1, 0.15) is 11.5 Å². The van der Waals surface area contributed by atoms with Crippen LogP contribution >= 0.6 is 15.9 Å². The van der Waals surface area contributed by atoms with Crippen LogP contribution in [0.2, 0.25) is 0 Å². The van der Waals surface area contributed by atoms with Gasteiger partial charge in [0.25, 0.3) is 5.91 Å². The lowest BCUT2D eigenvalue weighted by molar-refractivity contribution is 0.0992. The first kappa shape index (κ1) is 14.4. The van der Waals surface area contributed by atoms with Crippen molar-refractivity contribution in [2.75, 3.05) is 19.1 Å². The Bertz CT molecular complexity index is 643. The number of nitrogens with zero attached hydrogens (tertiary/aromatic N) is 1. The van der Waals surface area contributed by atoms with Crippen LogP contribution in [0.15, 0.2) is 46.9 Å². The van der Waals surface area contributed by atoms with E-state index in [9.17, 15) is 9.90 Å². The van der Waals surface area contributed by atoms with Gasteiger partial charge in [0.2, 0.25) is 0 Å². The maximum atomic E-state index is 12.4. The number of hydrogen-bond donors (Lipinski definition) is 1. The first-order valence-electron chi connectivity index (χ1n) is 5.93. The molecule has 0 spiro atoms. The summed E-state index contributed by atoms with van der Waals surface area (Å²) >= 11 is 3.19. The van der Waals surface area contributed by atoms with E-state index >= 15 is 0 Å². The van der Waals surface area contributed by atoms with Crippen molar-refractivity contribution in [1.82, 2.24) is 0 Å². The molecular formula is C15H14BrNO3. The van der Waals surface area contributed by atoms with Crippen molar-refractivity contribution in [3.05, 3.63) is 52.5 Å². The molecule has 0 saturated carbocycles. The van der Waals surface area contributed by atoms with Gasteiger partial charge < -0.3 is 14.7 Å². The van der Waals surface area contributed by atoms with Crippen molar-refractivity contribution in [2.24, 2.45) is 0 Å². The zero-order chi connectivity index (χ0) is 14.7. The summed E-state index contributed by atoms with van der Waals surface area (Å²) in [6, 6.07) is 12.0. The van der Waals surface area contributed by atoms with E-state index in [0.717, 1.165) is 5.69 Å². The summed E-state index contributed by atoms with van der Waals surface area (Å²) in [6.07, 6.45) is 0. The number of phenols is 1. The van der Waals surface area contributed by atoms with Crippen molar-refractivity contribution in [3.8, 4) is 11.5 Å². The third kappa shape index (κ3) is 2.93. The molecule has 0 aromatic heterocycles. The molecule has 5 heteroatoms. The molecular weight excluding hydrogens is 322 g/mol. The molecule has 0 aliphatic rings. The van der Waals surface area contributed by atoms with Gasteiger partial charge >= 0.3 is 0 Å². The highest BCUT2D eigenvalue weighted by Gasteiger charge is 2.15. The molecule has 20 heavy (non-hydrogen) atoms. The fraction of sp³-hybridized carbons (Fsp3) is 0.133. The van der Waals surface area contributed by atoms with Crippen molar-refractivity contribution >= 4 is 27.5 Å². The zero-order valence-corrected chi connectivity index (χ0v) is 12.7. The Balaban J connectivity index is 2.29. The third-order valence-corrected chi connectivity index (χ3v) is 3.61. The Labute approximate surface area is 125 Å². The molecule has 0 unspecified atom stereocenters. The minimum Gasteiger partial charge on any atom is -0.507 e. The monoisotopic (exact) mass is 335 g/mol. The summed E-state index contributed by atoms with van der Waals surface area (Å²) in [6.45, 7) is 0. The highest BCUT2D eigenvalue weighted by molar-refractivity contribution is 9.10. The normalized spacial score (nSPS) is 10.2. The van der Waals surface area contributed by atoms with Gasteiger partial charge in [0, 0.05) is 24.4 Å². The van der Waals surface area contributed by atoms with Gasteiger partial charge in [-0.25, -0.2) is 0 Å². The second-order valence-corrected chi connectivity index (χ2v) is 5.09. The molecule has 2 aromatic carbocycles. The zero-order valence-electron chi connectivity index (χ0n) is 11.1. The van der Waals surface area contributed by atoms with Gasteiger partial charge in [0.15, 0.2) is 0 Å². The second kappa shape index (κ2) is 5.96. The average Bonchev–Trinajstić information content (AvgIpc) is 2.48. The number of rotatable bonds is 3. The summed E-state index contributed by atoms with van der Waals surface area (Å²) in [5, 5.41) is 9.65. The Hall–Kier alpha value is -2.01. The fourth-order valence-electron chi connectivity index (χ4n) is 1.78. The molecule has 1 amide bonds. The van der Waals surface area contributed by atoms with E-state index < -0.39 is 0 Å². The number of amides is 1. The van der Waals surface area contributed by atoms with Crippen LogP contribution in [-0.4, -0.2) is 25.2 Å². The molecule has 0 aliphatic carbocycles. The second-order valence-electron chi connectivity index (χ2n) is 4.23. The van der Waals surface area contributed by atoms with E-state index in [2.05, 4.69) is 15.9 Å². The quantitative estimate of drug-likeness (QED) is 0.934. The highest BCUT2D eigenvalue weighted by atomic mass is 79.9. The minimum atomic E-state index is -0.207. The molecule has 2 aromatic rings. The van der Waals surface area contributed by atoms with Crippen molar-refractivity contribution in [1.29, 1.82) is 0 Å². The van der Waals surface area contributed by atoms with Crippen LogP contribution in [0.3, 0.4) is 0 Å². The largest absolute Gasteiger partial charge is 0.507 e. The SMILES string of the molecule is COc1cccc(N(C)C(=O)c2ccc(Br)c(O)c2)c1. The number of anilines is 1. The molecule has 0 heterocycles. The van der Waals surface area contributed by atoms with Crippen LogP contribution in [0.25, 0.3) is 0 Å². The van der Waals surface area contributed by atoms with Gasteiger partial charge in [-0.05, 0) is 46.3 Å². The van der Waals surface area contributed by atoms with Gasteiger partial charge in [-0.15, -0.1) is 0 Å². The van der Waals surface area contributed by atoms with Gasteiger partial charge in [-0.1, -0.05) is 6.07 Å². The van der Waals surface area contributed by atoms with Gasteiger partial charge in [0.05, 0.1) is 11.6 Å². The summed E-state index contributed by atoms with van der Waals surface area (Å²) in [5.74, 6) is 0.511. The maximum Gasteiger partial charge on any atom is 0.258 e. The summed E-state index contributed by atoms with van der Waals surface area (Å²) in [4.78, 5) is 13.9. The van der Waals surface area contributed by atoms with Crippen molar-refractivity contribution < 1.29 is 14.6 Å². The number of methoxy groups -OCH3 is 1. The minimum absolute atomic E-state index is 0.0369. The maximum absolute atomic E-state index is 12.4. The number of phenolic OH excluding ortho intramolecular Hbond substituents is 1. The lowest BCUT2D eigenvalue weighted by Gasteiger charge is -2.18. The number of ether oxygens (including phenoxy) is 1. The van der Waals surface area contributed by atoms with E-state index in [1.54, 1.807) is 32.4 Å². The standard InChI is InChI=1S/C15H14BrNO3/c1-17(11-4-3-5-12(9-11)20-2)15(19)10-6-7-13(16)14(18)8-10/h3-9,18H,1-2H3. The molecule has 0 aliphatic heterocycles. The molecule has 0 bridgehead atoms. The Morgan fingerprint density at radius 3 is 2.65 bits per heavy atom. The fourth-order valence-corrected chi connectivity index (χ4v) is 2.02. The van der Waals surface area contributed by atoms with E-state index in [1.807, 2.05) is 18.2 Å². The molecule has 1 N–H and O–H groups in total. The van der Waals surface area contributed by atoms with Crippen LogP contribution in [0, 0.1) is 0 Å². The van der Waals surface area contributed by atoms with Crippen molar-refractivity contribution in [2.45, 2.75) is 0 Å². The Kier molecular flexibility index (Phi) is 4.29. The molecule has 0 radical (unpaired) electrons. The molecule has 4 nitrogen and oxygen atoms in total. The summed E-state index contributed by atoms with van der Waals surface area (Å²) in [5.41, 5.74) is 1.13. The van der Waals surface area contributed by atoms with Gasteiger partial charge in [-0.2, -0.15) is 0 Å². The topological polar surface area (TPSA) is 49.8 Å². The Morgan fingerprint density at radius 1 is 1.25 bits per heavy atom. The predicted octanol–water partition coefficient (Wildman–Crippen LogP) is 3.44. The van der Waals surface area contributed by atoms with Crippen molar-refractivity contribution in [3.63, 3.8) is 0 Å². The highest BCUT2D eigenvalue weighted by Crippen LogP contribution is 2.26. The van der Waals surface area contributed by atoms with Crippen LogP contribution in [-0.2, 0) is 0 Å². The van der Waals surface area contributed by atoms with Gasteiger partial charge in [-0.3, -0.25) is 4.79 Å².